The second kappa shape index (κ2) is 7.67. The highest BCUT2D eigenvalue weighted by molar-refractivity contribution is 5.68. The van der Waals surface area contributed by atoms with Gasteiger partial charge in [-0.3, -0.25) is 0 Å². The number of nitrogens with one attached hydrogen (secondary N) is 1. The van der Waals surface area contributed by atoms with Crippen molar-refractivity contribution < 1.29 is 9.53 Å². The molecule has 2 unspecified atom stereocenters. The zero-order chi connectivity index (χ0) is 15.2. The summed E-state index contributed by atoms with van der Waals surface area (Å²) in [6.45, 7) is 14.2. The minimum atomic E-state index is -0.419. The van der Waals surface area contributed by atoms with Crippen LogP contribution in [0.25, 0.3) is 0 Å². The molecule has 1 fully saturated rings. The first-order chi connectivity index (χ1) is 9.33. The largest absolute Gasteiger partial charge is 0.444 e. The molecule has 0 saturated carbocycles. The Balaban J connectivity index is 2.45. The molecule has 116 valence electrons. The molecule has 20 heavy (non-hydrogen) atoms. The normalized spacial score (nSPS) is 21.4. The molecule has 1 heterocycles. The van der Waals surface area contributed by atoms with E-state index in [0.29, 0.717) is 12.0 Å². The third kappa shape index (κ3) is 5.95. The maximum Gasteiger partial charge on any atom is 0.410 e. The van der Waals surface area contributed by atoms with Crippen molar-refractivity contribution in [2.24, 2.45) is 5.92 Å². The topological polar surface area (TPSA) is 41.6 Å². The van der Waals surface area contributed by atoms with Crippen LogP contribution in [0.2, 0.25) is 0 Å². The second-order valence-corrected chi connectivity index (χ2v) is 6.65. The lowest BCUT2D eigenvalue weighted by Crippen LogP contribution is -2.48. The van der Waals surface area contributed by atoms with E-state index < -0.39 is 5.60 Å². The molecule has 0 aliphatic carbocycles. The quantitative estimate of drug-likeness (QED) is 0.622. The van der Waals surface area contributed by atoms with E-state index in [9.17, 15) is 4.79 Å². The van der Waals surface area contributed by atoms with Crippen molar-refractivity contribution >= 4 is 6.09 Å². The predicted octanol–water partition coefficient (Wildman–Crippen LogP) is 3.19. The molecule has 1 N–H and O–H groups in total. The average Bonchev–Trinajstić information content (AvgIpc) is 2.37. The number of carbonyl (C=O) groups excluding carboxylic acids is 1. The van der Waals surface area contributed by atoms with E-state index in [1.165, 1.54) is 6.42 Å². The van der Waals surface area contributed by atoms with Crippen LogP contribution in [0.4, 0.5) is 4.79 Å². The summed E-state index contributed by atoms with van der Waals surface area (Å²) in [4.78, 5) is 14.0. The monoisotopic (exact) mass is 282 g/mol. The molecule has 4 heteroatoms. The van der Waals surface area contributed by atoms with Crippen LogP contribution in [0, 0.1) is 5.92 Å². The summed E-state index contributed by atoms with van der Waals surface area (Å²) < 4.78 is 5.46. The summed E-state index contributed by atoms with van der Waals surface area (Å²) in [6.07, 6.45) is 4.94. The third-order valence-electron chi connectivity index (χ3n) is 3.63. The van der Waals surface area contributed by atoms with E-state index >= 15 is 0 Å². The van der Waals surface area contributed by atoms with Crippen LogP contribution in [0.5, 0.6) is 0 Å². The highest BCUT2D eigenvalue weighted by atomic mass is 16.6. The number of hydrogen-bond donors (Lipinski definition) is 1. The third-order valence-corrected chi connectivity index (χ3v) is 3.63. The number of likely N-dealkylation sites (tertiary alicyclic amines) is 1. The molecule has 1 rings (SSSR count). The van der Waals surface area contributed by atoms with Crippen LogP contribution in [0.3, 0.4) is 0 Å². The second-order valence-electron chi connectivity index (χ2n) is 6.65. The highest BCUT2D eigenvalue weighted by Crippen LogP contribution is 2.21. The molecule has 1 aliphatic heterocycles. The van der Waals surface area contributed by atoms with E-state index in [1.807, 2.05) is 31.7 Å². The fourth-order valence-corrected chi connectivity index (χ4v) is 2.49. The number of nitrogens with zero attached hydrogens (tertiary/aromatic N) is 1. The number of hydrogen-bond acceptors (Lipinski definition) is 3. The molecule has 4 nitrogen and oxygen atoms in total. The van der Waals surface area contributed by atoms with Gasteiger partial charge in [-0.15, -0.1) is 6.58 Å². The van der Waals surface area contributed by atoms with Crippen LogP contribution >= 0.6 is 0 Å². The van der Waals surface area contributed by atoms with Crippen molar-refractivity contribution in [3.8, 4) is 0 Å². The van der Waals surface area contributed by atoms with E-state index in [1.54, 1.807) is 0 Å². The molecular formula is C16H30N2O2. The van der Waals surface area contributed by atoms with Crippen LogP contribution in [0.15, 0.2) is 12.7 Å². The number of ether oxygens (including phenoxy) is 1. The Bertz CT molecular complexity index is 323. The van der Waals surface area contributed by atoms with Crippen molar-refractivity contribution in [3.05, 3.63) is 12.7 Å². The van der Waals surface area contributed by atoms with Gasteiger partial charge in [-0.1, -0.05) is 6.08 Å². The first kappa shape index (κ1) is 17.0. The van der Waals surface area contributed by atoms with Crippen molar-refractivity contribution in [1.82, 2.24) is 10.2 Å². The minimum Gasteiger partial charge on any atom is -0.444 e. The Hall–Kier alpha value is -1.03. The minimum absolute atomic E-state index is 0.180. The Morgan fingerprint density at radius 1 is 1.55 bits per heavy atom. The smallest absolute Gasteiger partial charge is 0.410 e. The van der Waals surface area contributed by atoms with Crippen molar-refractivity contribution in [2.45, 2.75) is 58.6 Å². The van der Waals surface area contributed by atoms with E-state index in [4.69, 9.17) is 4.74 Å². The van der Waals surface area contributed by atoms with E-state index in [2.05, 4.69) is 18.8 Å². The summed E-state index contributed by atoms with van der Waals surface area (Å²) in [5, 5.41) is 3.51. The van der Waals surface area contributed by atoms with Gasteiger partial charge in [0.05, 0.1) is 0 Å². The Labute approximate surface area is 123 Å². The van der Waals surface area contributed by atoms with Crippen molar-refractivity contribution in [3.63, 3.8) is 0 Å². The van der Waals surface area contributed by atoms with E-state index in [0.717, 1.165) is 32.5 Å². The van der Waals surface area contributed by atoms with Gasteiger partial charge >= 0.3 is 6.09 Å². The summed E-state index contributed by atoms with van der Waals surface area (Å²) in [5.74, 6) is 0.501. The first-order valence-corrected chi connectivity index (χ1v) is 7.65. The van der Waals surface area contributed by atoms with Crippen molar-refractivity contribution in [1.29, 1.82) is 0 Å². The Morgan fingerprint density at radius 2 is 2.25 bits per heavy atom. The summed E-state index contributed by atoms with van der Waals surface area (Å²) in [7, 11) is 0. The maximum absolute atomic E-state index is 12.1. The van der Waals surface area contributed by atoms with E-state index in [-0.39, 0.29) is 6.09 Å². The van der Waals surface area contributed by atoms with Gasteiger partial charge < -0.3 is 15.0 Å². The number of amides is 1. The molecule has 2 atom stereocenters. The molecule has 0 aromatic carbocycles. The molecular weight excluding hydrogens is 252 g/mol. The molecule has 1 saturated heterocycles. The molecule has 1 aliphatic rings. The molecule has 0 aromatic heterocycles. The first-order valence-electron chi connectivity index (χ1n) is 7.65. The summed E-state index contributed by atoms with van der Waals surface area (Å²) in [5.41, 5.74) is -0.419. The predicted molar refractivity (Wildman–Crippen MR) is 82.8 cm³/mol. The van der Waals surface area contributed by atoms with Gasteiger partial charge in [-0.2, -0.15) is 0 Å². The standard InChI is InChI=1S/C16H30N2O2/c1-6-7-10-17-13(2)14-9-8-11-18(12-14)15(19)20-16(3,4)5/h6,13-14,17H,1,7-12H2,2-5H3. The fourth-order valence-electron chi connectivity index (χ4n) is 2.49. The van der Waals surface area contributed by atoms with Crippen molar-refractivity contribution in [2.75, 3.05) is 19.6 Å². The molecule has 1 amide bonds. The van der Waals surface area contributed by atoms with Gasteiger partial charge in [0, 0.05) is 19.1 Å². The van der Waals surface area contributed by atoms with Gasteiger partial charge in [0.15, 0.2) is 0 Å². The lowest BCUT2D eigenvalue weighted by Gasteiger charge is -2.36. The molecule has 0 bridgehead atoms. The highest BCUT2D eigenvalue weighted by Gasteiger charge is 2.29. The Morgan fingerprint density at radius 3 is 2.85 bits per heavy atom. The average molecular weight is 282 g/mol. The summed E-state index contributed by atoms with van der Waals surface area (Å²) in [6, 6.07) is 0.417. The number of piperidine rings is 1. The zero-order valence-corrected chi connectivity index (χ0v) is 13.4. The fraction of sp³-hybridized carbons (Fsp3) is 0.812. The lowest BCUT2D eigenvalue weighted by molar-refractivity contribution is 0.0149. The zero-order valence-electron chi connectivity index (χ0n) is 13.4. The molecule has 0 radical (unpaired) electrons. The van der Waals surface area contributed by atoms with Crippen LogP contribution in [0.1, 0.15) is 47.0 Å². The van der Waals surface area contributed by atoms with Gasteiger partial charge in [0.25, 0.3) is 0 Å². The molecule has 0 spiro atoms. The Kier molecular flexibility index (Phi) is 6.53. The number of carbonyl (C=O) groups is 1. The van der Waals surface area contributed by atoms with Gasteiger partial charge in [0.2, 0.25) is 0 Å². The van der Waals surface area contributed by atoms with Crippen LogP contribution in [-0.4, -0.2) is 42.3 Å². The number of rotatable bonds is 5. The molecule has 0 aromatic rings. The summed E-state index contributed by atoms with van der Waals surface area (Å²) >= 11 is 0. The van der Waals surface area contributed by atoms with Gasteiger partial charge in [0.1, 0.15) is 5.60 Å². The lowest BCUT2D eigenvalue weighted by atomic mass is 9.91. The maximum atomic E-state index is 12.1. The van der Waals surface area contributed by atoms with Crippen LogP contribution in [-0.2, 0) is 4.74 Å². The van der Waals surface area contributed by atoms with Crippen LogP contribution < -0.4 is 5.32 Å². The SMILES string of the molecule is C=CCCNC(C)C1CCCN(C(=O)OC(C)(C)C)C1. The van der Waals surface area contributed by atoms with Gasteiger partial charge in [-0.05, 0) is 59.4 Å². The van der Waals surface area contributed by atoms with Gasteiger partial charge in [-0.25, -0.2) is 4.79 Å².